The molecule has 0 radical (unpaired) electrons. The van der Waals surface area contributed by atoms with Crippen LogP contribution in [0.1, 0.15) is 59.1 Å². The molecule has 0 N–H and O–H groups in total. The summed E-state index contributed by atoms with van der Waals surface area (Å²) >= 11 is 0. The average Bonchev–Trinajstić information content (AvgIpc) is 2.69. The van der Waals surface area contributed by atoms with Gasteiger partial charge in [0.05, 0.1) is 28.7 Å². The van der Waals surface area contributed by atoms with E-state index in [2.05, 4.69) is 16.0 Å². The average molecular weight is 286 g/mol. The molecule has 112 valence electrons. The first-order chi connectivity index (χ1) is 9.89. The monoisotopic (exact) mass is 286 g/mol. The number of hydrogen-bond donors (Lipinski definition) is 0. The summed E-state index contributed by atoms with van der Waals surface area (Å²) in [5.41, 5.74) is 2.35. The molecule has 0 unspecified atom stereocenters. The van der Waals surface area contributed by atoms with E-state index in [0.717, 1.165) is 24.1 Å². The fraction of sp³-hybridized carbons (Fsp3) is 0.625. The molecule has 1 fully saturated rings. The lowest BCUT2D eigenvalue weighted by molar-refractivity contribution is 0.00578. The van der Waals surface area contributed by atoms with E-state index < -0.39 is 7.12 Å². The van der Waals surface area contributed by atoms with E-state index in [1.54, 1.807) is 6.20 Å². The summed E-state index contributed by atoms with van der Waals surface area (Å²) in [7, 11) is -0.433. The molecule has 4 nitrogen and oxygen atoms in total. The Morgan fingerprint density at radius 1 is 1.00 bits per heavy atom. The highest BCUT2D eigenvalue weighted by atomic mass is 16.7. The predicted molar refractivity (Wildman–Crippen MR) is 84.2 cm³/mol. The molecule has 3 rings (SSSR count). The molecule has 1 aliphatic heterocycles. The van der Waals surface area contributed by atoms with E-state index in [1.165, 1.54) is 18.4 Å². The van der Waals surface area contributed by atoms with E-state index in [4.69, 9.17) is 9.31 Å². The predicted octanol–water partition coefficient (Wildman–Crippen LogP) is 2.73. The molecule has 5 heteroatoms. The molecule has 1 aliphatic carbocycles. The molecule has 0 amide bonds. The molecule has 21 heavy (non-hydrogen) atoms. The normalized spacial score (nSPS) is 24.0. The van der Waals surface area contributed by atoms with Gasteiger partial charge in [-0.2, -0.15) is 0 Å². The van der Waals surface area contributed by atoms with Crippen molar-refractivity contribution in [1.82, 2.24) is 9.97 Å². The van der Waals surface area contributed by atoms with Crippen LogP contribution in [0.15, 0.2) is 18.5 Å². The van der Waals surface area contributed by atoms with E-state index in [1.807, 2.05) is 33.9 Å². The van der Waals surface area contributed by atoms with Crippen LogP contribution in [-0.2, 0) is 9.31 Å². The second kappa shape index (κ2) is 5.22. The minimum absolute atomic E-state index is 0.343. The molecule has 0 spiro atoms. The van der Waals surface area contributed by atoms with Gasteiger partial charge in [-0.3, -0.25) is 9.97 Å². The van der Waals surface area contributed by atoms with Crippen molar-refractivity contribution in [3.05, 3.63) is 24.2 Å². The van der Waals surface area contributed by atoms with Crippen LogP contribution in [-0.4, -0.2) is 28.3 Å². The van der Waals surface area contributed by atoms with E-state index in [0.29, 0.717) is 0 Å². The summed E-state index contributed by atoms with van der Waals surface area (Å²) < 4.78 is 12.0. The molecule has 2 aliphatic rings. The Bertz CT molecular complexity index is 536. The number of aromatic nitrogens is 2. The third-order valence-corrected chi connectivity index (χ3v) is 4.79. The number of hydrogen-bond acceptors (Lipinski definition) is 4. The number of nitrogens with zero attached hydrogens (tertiary/aromatic N) is 2. The van der Waals surface area contributed by atoms with Gasteiger partial charge in [-0.1, -0.05) is 6.08 Å². The van der Waals surface area contributed by atoms with Crippen LogP contribution in [0.4, 0.5) is 0 Å². The van der Waals surface area contributed by atoms with Crippen molar-refractivity contribution in [2.45, 2.75) is 64.6 Å². The Balaban J connectivity index is 1.78. The van der Waals surface area contributed by atoms with Crippen molar-refractivity contribution in [3.8, 4) is 0 Å². The summed E-state index contributed by atoms with van der Waals surface area (Å²) in [6.07, 6.45) is 10.7. The summed E-state index contributed by atoms with van der Waals surface area (Å²) in [6, 6.07) is 0. The summed E-state index contributed by atoms with van der Waals surface area (Å²) in [6.45, 7) is 8.17. The smallest absolute Gasteiger partial charge is 0.398 e. The molecule has 0 atom stereocenters. The largest absolute Gasteiger partial charge is 0.516 e. The molecule has 1 aromatic heterocycles. The zero-order valence-electron chi connectivity index (χ0n) is 13.3. The first-order valence-corrected chi connectivity index (χ1v) is 7.76. The van der Waals surface area contributed by atoms with Crippen LogP contribution in [0.25, 0.3) is 5.57 Å². The Kier molecular flexibility index (Phi) is 3.66. The van der Waals surface area contributed by atoms with Gasteiger partial charge in [0.1, 0.15) is 0 Å². The summed E-state index contributed by atoms with van der Waals surface area (Å²) in [5, 5.41) is 0. The topological polar surface area (TPSA) is 44.2 Å². The third kappa shape index (κ3) is 2.77. The second-order valence-corrected chi connectivity index (χ2v) is 6.89. The highest BCUT2D eigenvalue weighted by molar-refractivity contribution is 6.61. The summed E-state index contributed by atoms with van der Waals surface area (Å²) in [4.78, 5) is 9.07. The van der Waals surface area contributed by atoms with Crippen molar-refractivity contribution in [2.24, 2.45) is 0 Å². The molecule has 2 heterocycles. The lowest BCUT2D eigenvalue weighted by Crippen LogP contribution is -2.41. The van der Waals surface area contributed by atoms with Crippen LogP contribution >= 0.6 is 0 Å². The first kappa shape index (κ1) is 14.7. The van der Waals surface area contributed by atoms with Gasteiger partial charge in [0.2, 0.25) is 0 Å². The van der Waals surface area contributed by atoms with Crippen molar-refractivity contribution in [2.75, 3.05) is 0 Å². The van der Waals surface area contributed by atoms with Crippen molar-refractivity contribution in [3.63, 3.8) is 0 Å². The van der Waals surface area contributed by atoms with Gasteiger partial charge in [0.15, 0.2) is 0 Å². The quantitative estimate of drug-likeness (QED) is 0.784. The zero-order valence-corrected chi connectivity index (χ0v) is 13.3. The number of rotatable bonds is 2. The Labute approximate surface area is 127 Å². The molecule has 1 saturated heterocycles. The fourth-order valence-corrected chi connectivity index (χ4v) is 2.66. The highest BCUT2D eigenvalue weighted by Crippen LogP contribution is 2.36. The lowest BCUT2D eigenvalue weighted by Gasteiger charge is -2.32. The van der Waals surface area contributed by atoms with Gasteiger partial charge in [0.25, 0.3) is 0 Å². The highest BCUT2D eigenvalue weighted by Gasteiger charge is 2.52. The van der Waals surface area contributed by atoms with E-state index in [9.17, 15) is 0 Å². The van der Waals surface area contributed by atoms with Crippen molar-refractivity contribution < 1.29 is 9.31 Å². The lowest BCUT2D eigenvalue weighted by atomic mass is 9.85. The van der Waals surface area contributed by atoms with Gasteiger partial charge in [0, 0.05) is 6.20 Å². The van der Waals surface area contributed by atoms with Gasteiger partial charge in [-0.25, -0.2) is 0 Å². The SMILES string of the molecule is CC1(C)OB(c2cnc(C3=CCCCC3)cn2)OC1(C)C. The maximum Gasteiger partial charge on any atom is 0.516 e. The minimum Gasteiger partial charge on any atom is -0.398 e. The van der Waals surface area contributed by atoms with Gasteiger partial charge in [-0.05, 0) is 59.0 Å². The maximum absolute atomic E-state index is 6.00. The van der Waals surface area contributed by atoms with Gasteiger partial charge < -0.3 is 9.31 Å². The zero-order chi connectivity index (χ0) is 15.1. The Morgan fingerprint density at radius 3 is 2.24 bits per heavy atom. The Morgan fingerprint density at radius 2 is 1.71 bits per heavy atom. The maximum atomic E-state index is 6.00. The molecule has 0 bridgehead atoms. The fourth-order valence-electron chi connectivity index (χ4n) is 2.66. The molecular formula is C16H23BN2O2. The van der Waals surface area contributed by atoms with Gasteiger partial charge >= 0.3 is 7.12 Å². The first-order valence-electron chi connectivity index (χ1n) is 7.76. The molecular weight excluding hydrogens is 263 g/mol. The van der Waals surface area contributed by atoms with Gasteiger partial charge in [-0.15, -0.1) is 0 Å². The standard InChI is InChI=1S/C16H23BN2O2/c1-15(2)16(3,4)21-17(20-15)14-11-18-13(10-19-14)12-8-6-5-7-9-12/h8,10-11H,5-7,9H2,1-4H3. The third-order valence-electron chi connectivity index (χ3n) is 4.79. The van der Waals surface area contributed by atoms with Crippen molar-refractivity contribution >= 4 is 18.3 Å². The second-order valence-electron chi connectivity index (χ2n) is 6.89. The van der Waals surface area contributed by atoms with Crippen LogP contribution in [0.3, 0.4) is 0 Å². The van der Waals surface area contributed by atoms with Crippen LogP contribution in [0.5, 0.6) is 0 Å². The van der Waals surface area contributed by atoms with Crippen LogP contribution in [0.2, 0.25) is 0 Å². The molecule has 1 aromatic rings. The minimum atomic E-state index is -0.433. The summed E-state index contributed by atoms with van der Waals surface area (Å²) in [5.74, 6) is 0. The molecule has 0 aromatic carbocycles. The number of allylic oxidation sites excluding steroid dienone is 2. The van der Waals surface area contributed by atoms with Crippen LogP contribution in [0, 0.1) is 0 Å². The Hall–Kier alpha value is -1.20. The van der Waals surface area contributed by atoms with Crippen molar-refractivity contribution in [1.29, 1.82) is 0 Å². The van der Waals surface area contributed by atoms with E-state index >= 15 is 0 Å². The molecule has 0 saturated carbocycles. The van der Waals surface area contributed by atoms with E-state index in [-0.39, 0.29) is 11.2 Å². The van der Waals surface area contributed by atoms with Crippen LogP contribution < -0.4 is 5.59 Å².